The van der Waals surface area contributed by atoms with Gasteiger partial charge in [-0.05, 0) is 35.2 Å². The summed E-state index contributed by atoms with van der Waals surface area (Å²) in [7, 11) is 0. The minimum atomic E-state index is -0.291. The third-order valence-corrected chi connectivity index (χ3v) is 5.70. The molecule has 0 fully saturated rings. The maximum absolute atomic E-state index is 12.5. The number of para-hydroxylation sites is 1. The lowest BCUT2D eigenvalue weighted by atomic mass is 10.1. The van der Waals surface area contributed by atoms with Gasteiger partial charge in [0, 0.05) is 28.2 Å². The molecule has 0 atom stereocenters. The molecule has 29 heavy (non-hydrogen) atoms. The van der Waals surface area contributed by atoms with Crippen molar-refractivity contribution < 1.29 is 4.42 Å². The van der Waals surface area contributed by atoms with Gasteiger partial charge in [-0.3, -0.25) is 0 Å². The van der Waals surface area contributed by atoms with Crippen LogP contribution in [0.15, 0.2) is 100 Å². The SMILES string of the molecule is O=c1oc2cc3c4ccccc4n(Cc4ccccc4)c3cc2c2ccccc12. The first-order chi connectivity index (χ1) is 14.3. The highest BCUT2D eigenvalue weighted by Crippen LogP contribution is 2.34. The summed E-state index contributed by atoms with van der Waals surface area (Å²) in [5.41, 5.74) is 3.90. The van der Waals surface area contributed by atoms with E-state index >= 15 is 0 Å². The van der Waals surface area contributed by atoms with Crippen LogP contribution in [0.4, 0.5) is 0 Å². The fraction of sp³-hybridized carbons (Fsp3) is 0.0385. The minimum absolute atomic E-state index is 0.291. The van der Waals surface area contributed by atoms with E-state index in [1.165, 1.54) is 11.1 Å². The van der Waals surface area contributed by atoms with E-state index in [0.717, 1.165) is 33.6 Å². The molecule has 0 aliphatic rings. The van der Waals surface area contributed by atoms with Gasteiger partial charge in [0.15, 0.2) is 0 Å². The smallest absolute Gasteiger partial charge is 0.344 e. The van der Waals surface area contributed by atoms with Crippen LogP contribution in [0.3, 0.4) is 0 Å². The summed E-state index contributed by atoms with van der Waals surface area (Å²) in [6, 6.07) is 30.7. The van der Waals surface area contributed by atoms with E-state index in [4.69, 9.17) is 4.42 Å². The zero-order valence-electron chi connectivity index (χ0n) is 15.6. The van der Waals surface area contributed by atoms with E-state index in [-0.39, 0.29) is 5.63 Å². The van der Waals surface area contributed by atoms with E-state index in [0.29, 0.717) is 11.0 Å². The molecule has 3 heteroatoms. The predicted molar refractivity (Wildman–Crippen MR) is 119 cm³/mol. The van der Waals surface area contributed by atoms with E-state index in [9.17, 15) is 4.79 Å². The summed E-state index contributed by atoms with van der Waals surface area (Å²) >= 11 is 0. The molecule has 0 N–H and O–H groups in total. The summed E-state index contributed by atoms with van der Waals surface area (Å²) in [4.78, 5) is 12.5. The van der Waals surface area contributed by atoms with Crippen molar-refractivity contribution in [2.75, 3.05) is 0 Å². The van der Waals surface area contributed by atoms with Gasteiger partial charge in [-0.2, -0.15) is 0 Å². The van der Waals surface area contributed by atoms with Crippen molar-refractivity contribution in [1.29, 1.82) is 0 Å². The Morgan fingerprint density at radius 3 is 2.14 bits per heavy atom. The number of nitrogens with zero attached hydrogens (tertiary/aromatic N) is 1. The first kappa shape index (κ1) is 16.1. The lowest BCUT2D eigenvalue weighted by Gasteiger charge is -2.09. The summed E-state index contributed by atoms with van der Waals surface area (Å²) < 4.78 is 8.04. The Morgan fingerprint density at radius 1 is 0.621 bits per heavy atom. The lowest BCUT2D eigenvalue weighted by molar-refractivity contribution is 0.570. The van der Waals surface area contributed by atoms with Crippen molar-refractivity contribution in [2.24, 2.45) is 0 Å². The second-order valence-electron chi connectivity index (χ2n) is 7.39. The van der Waals surface area contributed by atoms with Crippen LogP contribution in [-0.4, -0.2) is 4.57 Å². The molecule has 0 amide bonds. The highest BCUT2D eigenvalue weighted by atomic mass is 16.4. The van der Waals surface area contributed by atoms with Crippen molar-refractivity contribution in [3.05, 3.63) is 107 Å². The van der Waals surface area contributed by atoms with Gasteiger partial charge in [0.05, 0.1) is 10.9 Å². The quantitative estimate of drug-likeness (QED) is 0.271. The number of benzene rings is 4. The van der Waals surface area contributed by atoms with Crippen LogP contribution < -0.4 is 5.63 Å². The molecule has 0 aliphatic heterocycles. The van der Waals surface area contributed by atoms with E-state index in [2.05, 4.69) is 59.2 Å². The summed E-state index contributed by atoms with van der Waals surface area (Å²) in [5, 5.41) is 4.77. The van der Waals surface area contributed by atoms with Gasteiger partial charge in [0.1, 0.15) is 5.58 Å². The van der Waals surface area contributed by atoms with Crippen molar-refractivity contribution in [2.45, 2.75) is 6.54 Å². The van der Waals surface area contributed by atoms with Gasteiger partial charge in [0.25, 0.3) is 0 Å². The number of fused-ring (bicyclic) bond motifs is 6. The van der Waals surface area contributed by atoms with E-state index in [1.807, 2.05) is 36.4 Å². The van der Waals surface area contributed by atoms with Crippen molar-refractivity contribution in [3.8, 4) is 0 Å². The van der Waals surface area contributed by atoms with Gasteiger partial charge < -0.3 is 8.98 Å². The fourth-order valence-corrected chi connectivity index (χ4v) is 4.36. The van der Waals surface area contributed by atoms with Crippen LogP contribution in [0, 0.1) is 0 Å². The summed E-state index contributed by atoms with van der Waals surface area (Å²) in [6.45, 7) is 0.783. The largest absolute Gasteiger partial charge is 0.422 e. The fourth-order valence-electron chi connectivity index (χ4n) is 4.36. The molecule has 6 rings (SSSR count). The normalized spacial score (nSPS) is 11.7. The predicted octanol–water partition coefficient (Wildman–Crippen LogP) is 6.10. The van der Waals surface area contributed by atoms with E-state index in [1.54, 1.807) is 0 Å². The molecule has 138 valence electrons. The van der Waals surface area contributed by atoms with Crippen LogP contribution in [0.25, 0.3) is 43.5 Å². The van der Waals surface area contributed by atoms with Crippen molar-refractivity contribution in [1.82, 2.24) is 4.57 Å². The van der Waals surface area contributed by atoms with Gasteiger partial charge in [-0.15, -0.1) is 0 Å². The van der Waals surface area contributed by atoms with Crippen molar-refractivity contribution >= 4 is 43.5 Å². The molecular weight excluding hydrogens is 358 g/mol. The Balaban J connectivity index is 1.76. The van der Waals surface area contributed by atoms with Crippen LogP contribution in [0.1, 0.15) is 5.56 Å². The Hall–Kier alpha value is -3.85. The van der Waals surface area contributed by atoms with Gasteiger partial charge in [-0.25, -0.2) is 4.79 Å². The third-order valence-electron chi connectivity index (χ3n) is 5.70. The molecule has 0 bridgehead atoms. The van der Waals surface area contributed by atoms with Crippen LogP contribution in [-0.2, 0) is 6.54 Å². The molecule has 0 spiro atoms. The maximum atomic E-state index is 12.5. The summed E-state index contributed by atoms with van der Waals surface area (Å²) in [6.07, 6.45) is 0. The number of hydrogen-bond donors (Lipinski definition) is 0. The van der Waals surface area contributed by atoms with Gasteiger partial charge >= 0.3 is 5.63 Å². The molecule has 0 unspecified atom stereocenters. The topological polar surface area (TPSA) is 35.1 Å². The average molecular weight is 375 g/mol. The second-order valence-corrected chi connectivity index (χ2v) is 7.39. The number of aromatic nitrogens is 1. The summed E-state index contributed by atoms with van der Waals surface area (Å²) in [5.74, 6) is 0. The zero-order chi connectivity index (χ0) is 19.4. The molecule has 0 saturated heterocycles. The Kier molecular flexibility index (Phi) is 3.38. The van der Waals surface area contributed by atoms with Crippen LogP contribution in [0.5, 0.6) is 0 Å². The Bertz CT molecular complexity index is 1590. The Labute approximate surface area is 166 Å². The molecule has 2 heterocycles. The monoisotopic (exact) mass is 375 g/mol. The van der Waals surface area contributed by atoms with Gasteiger partial charge in [0.2, 0.25) is 0 Å². The highest BCUT2D eigenvalue weighted by molar-refractivity contribution is 6.15. The highest BCUT2D eigenvalue weighted by Gasteiger charge is 2.15. The first-order valence-corrected chi connectivity index (χ1v) is 9.70. The standard InChI is InChI=1S/C26H17NO2/c28-26-20-12-5-4-10-18(20)22-14-24-21(15-25(22)29-26)19-11-6-7-13-23(19)27(24)16-17-8-2-1-3-9-17/h1-15H,16H2. The minimum Gasteiger partial charge on any atom is -0.422 e. The molecule has 4 aromatic carbocycles. The molecule has 0 aliphatic carbocycles. The number of hydrogen-bond acceptors (Lipinski definition) is 2. The molecular formula is C26H17NO2. The number of rotatable bonds is 2. The Morgan fingerprint density at radius 2 is 1.31 bits per heavy atom. The van der Waals surface area contributed by atoms with Gasteiger partial charge in [-0.1, -0.05) is 66.7 Å². The third kappa shape index (κ3) is 2.41. The molecule has 0 saturated carbocycles. The molecule has 6 aromatic rings. The molecule has 0 radical (unpaired) electrons. The second kappa shape index (κ2) is 6.08. The molecule has 3 nitrogen and oxygen atoms in total. The molecule has 2 aromatic heterocycles. The first-order valence-electron chi connectivity index (χ1n) is 9.70. The van der Waals surface area contributed by atoms with E-state index < -0.39 is 0 Å². The maximum Gasteiger partial charge on any atom is 0.344 e. The lowest BCUT2D eigenvalue weighted by Crippen LogP contribution is -2.01. The van der Waals surface area contributed by atoms with Crippen LogP contribution in [0.2, 0.25) is 0 Å². The average Bonchev–Trinajstić information content (AvgIpc) is 3.07. The van der Waals surface area contributed by atoms with Crippen molar-refractivity contribution in [3.63, 3.8) is 0 Å². The zero-order valence-corrected chi connectivity index (χ0v) is 15.6. The van der Waals surface area contributed by atoms with Crippen LogP contribution >= 0.6 is 0 Å².